The van der Waals surface area contributed by atoms with Crippen molar-refractivity contribution in [1.82, 2.24) is 0 Å². The highest BCUT2D eigenvalue weighted by Crippen LogP contribution is 2.59. The predicted molar refractivity (Wildman–Crippen MR) is 53.5 cm³/mol. The van der Waals surface area contributed by atoms with Crippen LogP contribution in [0.4, 0.5) is 0 Å². The monoisotopic (exact) mass is 214 g/mol. The van der Waals surface area contributed by atoms with E-state index in [1.165, 1.54) is 0 Å². The molecule has 1 saturated heterocycles. The summed E-state index contributed by atoms with van der Waals surface area (Å²) >= 11 is 0. The molecule has 1 N–H and O–H groups in total. The van der Waals surface area contributed by atoms with Gasteiger partial charge in [-0.05, 0) is 19.3 Å². The molecule has 0 amide bonds. The summed E-state index contributed by atoms with van der Waals surface area (Å²) in [4.78, 5) is 11.3. The molecule has 15 heavy (non-hydrogen) atoms. The van der Waals surface area contributed by atoms with Crippen LogP contribution >= 0.6 is 0 Å². The maximum Gasteiger partial charge on any atom is 0.315 e. The summed E-state index contributed by atoms with van der Waals surface area (Å²) in [7, 11) is 0. The lowest BCUT2D eigenvalue weighted by Crippen LogP contribution is -2.45. The third kappa shape index (κ3) is 1.56. The average molecular weight is 214 g/mol. The normalized spacial score (nSPS) is 26.5. The molecule has 86 valence electrons. The van der Waals surface area contributed by atoms with E-state index in [1.54, 1.807) is 0 Å². The van der Waals surface area contributed by atoms with Gasteiger partial charge in [-0.2, -0.15) is 0 Å². The summed E-state index contributed by atoms with van der Waals surface area (Å²) in [6.45, 7) is 3.14. The highest BCUT2D eigenvalue weighted by molar-refractivity contribution is 5.79. The van der Waals surface area contributed by atoms with Crippen molar-refractivity contribution < 1.29 is 19.4 Å². The Morgan fingerprint density at radius 1 is 1.33 bits per heavy atom. The number of hydrogen-bond donors (Lipinski definition) is 1. The molecule has 1 heterocycles. The van der Waals surface area contributed by atoms with E-state index in [0.717, 1.165) is 12.8 Å². The Morgan fingerprint density at radius 2 is 1.93 bits per heavy atom. The third-order valence-electron chi connectivity index (χ3n) is 3.50. The van der Waals surface area contributed by atoms with Gasteiger partial charge in [-0.1, -0.05) is 13.3 Å². The van der Waals surface area contributed by atoms with E-state index in [1.807, 2.05) is 0 Å². The molecule has 0 aromatic rings. The number of carboxylic acids is 1. The van der Waals surface area contributed by atoms with Gasteiger partial charge in [0, 0.05) is 6.42 Å². The zero-order chi connectivity index (χ0) is 10.9. The minimum atomic E-state index is -0.825. The number of ether oxygens (including phenoxy) is 2. The Balaban J connectivity index is 2.15. The van der Waals surface area contributed by atoms with Gasteiger partial charge in [-0.25, -0.2) is 0 Å². The van der Waals surface area contributed by atoms with Crippen LogP contribution in [-0.2, 0) is 14.3 Å². The average Bonchev–Trinajstić information content (AvgIpc) is 2.91. The molecule has 0 unspecified atom stereocenters. The standard InChI is InChI=1S/C11H18O4/c1-2-3-4-11(14-7-8-15-11)10(5-6-10)9(12)13/h2-8H2,1H3,(H,12,13). The second-order valence-corrected chi connectivity index (χ2v) is 4.44. The summed E-state index contributed by atoms with van der Waals surface area (Å²) in [6.07, 6.45) is 4.06. The summed E-state index contributed by atoms with van der Waals surface area (Å²) in [6, 6.07) is 0. The van der Waals surface area contributed by atoms with Gasteiger partial charge >= 0.3 is 5.97 Å². The fraction of sp³-hybridized carbons (Fsp3) is 0.909. The molecule has 0 radical (unpaired) electrons. The molecular formula is C11H18O4. The van der Waals surface area contributed by atoms with Gasteiger partial charge in [0.1, 0.15) is 5.41 Å². The van der Waals surface area contributed by atoms with Crippen LogP contribution in [0.25, 0.3) is 0 Å². The Bertz CT molecular complexity index is 251. The largest absolute Gasteiger partial charge is 0.481 e. The van der Waals surface area contributed by atoms with E-state index in [4.69, 9.17) is 9.47 Å². The molecule has 0 aromatic carbocycles. The summed E-state index contributed by atoms with van der Waals surface area (Å²) in [5.41, 5.74) is -0.751. The van der Waals surface area contributed by atoms with Crippen molar-refractivity contribution in [3.8, 4) is 0 Å². The zero-order valence-corrected chi connectivity index (χ0v) is 9.12. The smallest absolute Gasteiger partial charge is 0.315 e. The van der Waals surface area contributed by atoms with Crippen molar-refractivity contribution in [3.05, 3.63) is 0 Å². The van der Waals surface area contributed by atoms with E-state index in [-0.39, 0.29) is 0 Å². The van der Waals surface area contributed by atoms with Crippen LogP contribution in [0.2, 0.25) is 0 Å². The number of carboxylic acid groups (broad SMARTS) is 1. The van der Waals surface area contributed by atoms with Crippen LogP contribution in [0.15, 0.2) is 0 Å². The minimum Gasteiger partial charge on any atom is -0.481 e. The van der Waals surface area contributed by atoms with Crippen molar-refractivity contribution in [2.24, 2.45) is 5.41 Å². The van der Waals surface area contributed by atoms with Crippen molar-refractivity contribution in [2.75, 3.05) is 13.2 Å². The van der Waals surface area contributed by atoms with Crippen LogP contribution in [0, 0.1) is 5.41 Å². The topological polar surface area (TPSA) is 55.8 Å². The number of rotatable bonds is 5. The van der Waals surface area contributed by atoms with Gasteiger partial charge < -0.3 is 14.6 Å². The second-order valence-electron chi connectivity index (χ2n) is 4.44. The van der Waals surface area contributed by atoms with E-state index < -0.39 is 17.2 Å². The molecule has 0 aromatic heterocycles. The Kier molecular flexibility index (Phi) is 2.73. The van der Waals surface area contributed by atoms with Gasteiger partial charge in [-0.15, -0.1) is 0 Å². The van der Waals surface area contributed by atoms with Crippen LogP contribution in [-0.4, -0.2) is 30.1 Å². The fourth-order valence-electron chi connectivity index (χ4n) is 2.41. The first-order chi connectivity index (χ1) is 7.17. The summed E-state index contributed by atoms with van der Waals surface area (Å²) < 4.78 is 11.3. The second kappa shape index (κ2) is 3.76. The van der Waals surface area contributed by atoms with E-state index in [0.29, 0.717) is 32.5 Å². The van der Waals surface area contributed by atoms with Gasteiger partial charge in [0.15, 0.2) is 5.79 Å². The molecule has 0 spiro atoms. The molecule has 2 fully saturated rings. The van der Waals surface area contributed by atoms with Crippen LogP contribution in [0.3, 0.4) is 0 Å². The van der Waals surface area contributed by atoms with Crippen molar-refractivity contribution in [1.29, 1.82) is 0 Å². The van der Waals surface area contributed by atoms with E-state index in [2.05, 4.69) is 6.92 Å². The first-order valence-electron chi connectivity index (χ1n) is 5.68. The Hall–Kier alpha value is -0.610. The van der Waals surface area contributed by atoms with Gasteiger partial charge in [0.05, 0.1) is 13.2 Å². The van der Waals surface area contributed by atoms with Gasteiger partial charge in [-0.3, -0.25) is 4.79 Å². The molecule has 1 aliphatic heterocycles. The van der Waals surface area contributed by atoms with E-state index >= 15 is 0 Å². The first kappa shape index (κ1) is 10.9. The predicted octanol–water partition coefficient (Wildman–Crippen LogP) is 1.78. The quantitative estimate of drug-likeness (QED) is 0.758. The summed E-state index contributed by atoms with van der Waals surface area (Å²) in [5.74, 6) is -1.59. The minimum absolute atomic E-state index is 0.527. The summed E-state index contributed by atoms with van der Waals surface area (Å²) in [5, 5.41) is 9.27. The maximum absolute atomic E-state index is 11.3. The molecule has 4 nitrogen and oxygen atoms in total. The Labute approximate surface area is 89.6 Å². The first-order valence-corrected chi connectivity index (χ1v) is 5.68. The highest BCUT2D eigenvalue weighted by atomic mass is 16.7. The van der Waals surface area contributed by atoms with Crippen molar-refractivity contribution in [2.45, 2.75) is 44.8 Å². The maximum atomic E-state index is 11.3. The number of carbonyl (C=O) groups is 1. The van der Waals surface area contributed by atoms with Crippen LogP contribution in [0.5, 0.6) is 0 Å². The van der Waals surface area contributed by atoms with Gasteiger partial charge in [0.2, 0.25) is 0 Å². The third-order valence-corrected chi connectivity index (χ3v) is 3.50. The van der Waals surface area contributed by atoms with Crippen LogP contribution in [0.1, 0.15) is 39.0 Å². The SMILES string of the molecule is CCCCC1(C2(C(=O)O)CC2)OCCO1. The molecule has 2 aliphatic rings. The molecular weight excluding hydrogens is 196 g/mol. The Morgan fingerprint density at radius 3 is 2.33 bits per heavy atom. The zero-order valence-electron chi connectivity index (χ0n) is 9.12. The molecule has 0 atom stereocenters. The van der Waals surface area contributed by atoms with E-state index in [9.17, 15) is 9.90 Å². The lowest BCUT2D eigenvalue weighted by Gasteiger charge is -2.33. The molecule has 0 bridgehead atoms. The fourth-order valence-corrected chi connectivity index (χ4v) is 2.41. The number of aliphatic carboxylic acids is 1. The molecule has 1 aliphatic carbocycles. The molecule has 4 heteroatoms. The molecule has 2 rings (SSSR count). The van der Waals surface area contributed by atoms with Crippen LogP contribution < -0.4 is 0 Å². The van der Waals surface area contributed by atoms with Crippen molar-refractivity contribution >= 4 is 5.97 Å². The number of hydrogen-bond acceptors (Lipinski definition) is 3. The lowest BCUT2D eigenvalue weighted by atomic mass is 9.90. The van der Waals surface area contributed by atoms with Crippen molar-refractivity contribution in [3.63, 3.8) is 0 Å². The highest BCUT2D eigenvalue weighted by Gasteiger charge is 2.67. The molecule has 1 saturated carbocycles. The van der Waals surface area contributed by atoms with Gasteiger partial charge in [0.25, 0.3) is 0 Å². The lowest BCUT2D eigenvalue weighted by molar-refractivity contribution is -0.219. The number of unbranched alkanes of at least 4 members (excludes halogenated alkanes) is 1.